The second-order valence-electron chi connectivity index (χ2n) is 16.3. The quantitative estimate of drug-likeness (QED) is 0.153. The third-order valence-corrected chi connectivity index (χ3v) is 9.16. The van der Waals surface area contributed by atoms with Crippen molar-refractivity contribution >= 4 is 46.6 Å². The highest BCUT2D eigenvalue weighted by Gasteiger charge is 2.46. The van der Waals surface area contributed by atoms with Gasteiger partial charge in [-0.15, -0.1) is 0 Å². The minimum atomic E-state index is -3.78. The number of carbonyl (C=O) groups excluding carboxylic acids is 4. The number of alkyl carbamates (subject to hydrolysis) is 1. The molecule has 4 amide bonds. The summed E-state index contributed by atoms with van der Waals surface area (Å²) in [6.07, 6.45) is 1.05. The molecule has 2 aromatic rings. The summed E-state index contributed by atoms with van der Waals surface area (Å²) < 4.78 is 96.0. The highest BCUT2D eigenvalue weighted by Crippen LogP contribution is 2.34. The van der Waals surface area contributed by atoms with Crippen molar-refractivity contribution in [2.75, 3.05) is 50.2 Å². The molecular weight excluding hydrogens is 897 g/mol. The first-order chi connectivity index (χ1) is 27.3. The van der Waals surface area contributed by atoms with Crippen LogP contribution in [0.1, 0.15) is 92.2 Å². The number of likely N-dealkylation sites (tertiary alicyclic amines) is 2. The standard InChI is InChI=1S/C21H29F3N2O3.C19H25F3N2O3.C2H5I/c1-5-25(19(28)29-20(2,3)4)14-15-9-11-26(12-10-15)18(27)21(23,24)16-7-6-8-17(22)13-16;1-18(2,3)27-17(26)23-12-13-7-9-24(10-8-13)16(25)19(21,22)14-5-4-6-15(20)11-14;1-2-3/h6-8,13,15H,5,9-12,14H2,1-4H3;4-6,11,13H,7-10,12H2,1-3H3,(H,23,26);2H2,1H3. The minimum Gasteiger partial charge on any atom is -0.444 e. The lowest BCUT2D eigenvalue weighted by Gasteiger charge is -2.36. The molecule has 0 bridgehead atoms. The first-order valence-corrected chi connectivity index (χ1v) is 21.2. The van der Waals surface area contributed by atoms with Gasteiger partial charge in [0, 0.05) is 56.9 Å². The Hall–Kier alpha value is -3.77. The first kappa shape index (κ1) is 51.4. The van der Waals surface area contributed by atoms with Crippen LogP contribution < -0.4 is 5.32 Å². The zero-order chi connectivity index (χ0) is 44.8. The van der Waals surface area contributed by atoms with E-state index in [0.29, 0.717) is 57.5 Å². The van der Waals surface area contributed by atoms with Gasteiger partial charge in [0.2, 0.25) is 0 Å². The van der Waals surface area contributed by atoms with E-state index in [1.165, 1.54) is 4.43 Å². The molecule has 59 heavy (non-hydrogen) atoms. The maximum atomic E-state index is 14.5. The zero-order valence-electron chi connectivity index (χ0n) is 35.2. The number of amides is 4. The van der Waals surface area contributed by atoms with E-state index in [0.717, 1.165) is 46.2 Å². The summed E-state index contributed by atoms with van der Waals surface area (Å²) in [6.45, 7) is 16.6. The molecule has 0 aliphatic carbocycles. The number of ether oxygens (including phenoxy) is 2. The predicted molar refractivity (Wildman–Crippen MR) is 221 cm³/mol. The number of halogens is 7. The molecular formula is C42H59F6IN4O6. The molecule has 17 heteroatoms. The summed E-state index contributed by atoms with van der Waals surface area (Å²) in [5.41, 5.74) is -2.49. The largest absolute Gasteiger partial charge is 0.444 e. The molecule has 0 aromatic heterocycles. The Kier molecular flexibility index (Phi) is 19.8. The van der Waals surface area contributed by atoms with Gasteiger partial charge in [-0.2, -0.15) is 17.6 Å². The molecule has 2 aliphatic heterocycles. The molecule has 2 aliphatic rings. The molecule has 2 fully saturated rings. The Labute approximate surface area is 357 Å². The fourth-order valence-electron chi connectivity index (χ4n) is 6.18. The van der Waals surface area contributed by atoms with Gasteiger partial charge in [0.1, 0.15) is 22.8 Å². The van der Waals surface area contributed by atoms with Gasteiger partial charge in [-0.05, 0) is 115 Å². The van der Waals surface area contributed by atoms with Crippen LogP contribution in [0.25, 0.3) is 0 Å². The highest BCUT2D eigenvalue weighted by atomic mass is 127. The van der Waals surface area contributed by atoms with Crippen molar-refractivity contribution in [1.29, 1.82) is 0 Å². The van der Waals surface area contributed by atoms with Crippen LogP contribution in [-0.2, 0) is 30.9 Å². The van der Waals surface area contributed by atoms with Crippen LogP contribution in [0.5, 0.6) is 0 Å². The zero-order valence-corrected chi connectivity index (χ0v) is 37.4. The third kappa shape index (κ3) is 17.0. The van der Waals surface area contributed by atoms with E-state index in [9.17, 15) is 45.5 Å². The van der Waals surface area contributed by atoms with Gasteiger partial charge < -0.3 is 29.5 Å². The number of benzene rings is 2. The van der Waals surface area contributed by atoms with Crippen molar-refractivity contribution in [2.24, 2.45) is 11.8 Å². The maximum absolute atomic E-state index is 14.5. The maximum Gasteiger partial charge on any atom is 0.410 e. The van der Waals surface area contributed by atoms with Crippen LogP contribution in [-0.4, -0.2) is 100 Å². The molecule has 332 valence electrons. The third-order valence-electron chi connectivity index (χ3n) is 9.16. The van der Waals surface area contributed by atoms with Gasteiger partial charge in [0.15, 0.2) is 0 Å². The lowest BCUT2D eigenvalue weighted by molar-refractivity contribution is -0.160. The van der Waals surface area contributed by atoms with Crippen molar-refractivity contribution < 1.29 is 55.0 Å². The predicted octanol–water partition coefficient (Wildman–Crippen LogP) is 9.54. The lowest BCUT2D eigenvalue weighted by Crippen LogP contribution is -2.48. The van der Waals surface area contributed by atoms with Crippen molar-refractivity contribution in [3.05, 3.63) is 71.3 Å². The van der Waals surface area contributed by atoms with E-state index in [-0.39, 0.29) is 38.0 Å². The fraction of sp³-hybridized carbons (Fsp3) is 0.619. The van der Waals surface area contributed by atoms with Crippen LogP contribution in [0.4, 0.5) is 35.9 Å². The number of alkyl halides is 5. The SMILES string of the molecule is CC(C)(C)OC(=O)NCC1CCN(C(=O)C(F)(F)c2cccc(F)c2)CC1.CCI.CCN(CC1CCN(C(=O)C(F)(F)c2cccc(F)c2)CC1)C(=O)OC(C)(C)C. The number of piperidine rings is 2. The van der Waals surface area contributed by atoms with Crippen LogP contribution in [0.3, 0.4) is 0 Å². The molecule has 1 N–H and O–H groups in total. The Morgan fingerprint density at radius 1 is 0.712 bits per heavy atom. The molecule has 10 nitrogen and oxygen atoms in total. The van der Waals surface area contributed by atoms with Crippen LogP contribution in [0.15, 0.2) is 48.5 Å². The summed E-state index contributed by atoms with van der Waals surface area (Å²) in [7, 11) is 0. The van der Waals surface area contributed by atoms with Crippen molar-refractivity contribution in [2.45, 2.75) is 104 Å². The summed E-state index contributed by atoms with van der Waals surface area (Å²) in [5, 5.41) is 2.66. The normalized spacial score (nSPS) is 15.5. The van der Waals surface area contributed by atoms with Gasteiger partial charge in [-0.25, -0.2) is 18.4 Å². The summed E-state index contributed by atoms with van der Waals surface area (Å²) >= 11 is 2.29. The lowest BCUT2D eigenvalue weighted by atomic mass is 9.95. The molecule has 2 aromatic carbocycles. The summed E-state index contributed by atoms with van der Waals surface area (Å²) in [4.78, 5) is 52.3. The molecule has 0 radical (unpaired) electrons. The number of hydrogen-bond acceptors (Lipinski definition) is 6. The second kappa shape index (κ2) is 22.7. The van der Waals surface area contributed by atoms with E-state index in [1.807, 2.05) is 6.92 Å². The smallest absolute Gasteiger partial charge is 0.410 e. The second-order valence-corrected chi connectivity index (χ2v) is 17.8. The average molecular weight is 957 g/mol. The van der Waals surface area contributed by atoms with Crippen LogP contribution in [0, 0.1) is 23.5 Å². The van der Waals surface area contributed by atoms with E-state index in [1.54, 1.807) is 46.4 Å². The van der Waals surface area contributed by atoms with Crippen molar-refractivity contribution in [3.8, 4) is 0 Å². The summed E-state index contributed by atoms with van der Waals surface area (Å²) in [6, 6.07) is 7.87. The number of carbonyl (C=O) groups is 4. The van der Waals surface area contributed by atoms with Gasteiger partial charge >= 0.3 is 24.0 Å². The number of nitrogens with zero attached hydrogens (tertiary/aromatic N) is 3. The first-order valence-electron chi connectivity index (χ1n) is 19.7. The van der Waals surface area contributed by atoms with Crippen molar-refractivity contribution in [1.82, 2.24) is 20.0 Å². The monoisotopic (exact) mass is 956 g/mol. The summed E-state index contributed by atoms with van der Waals surface area (Å²) in [5.74, 6) is -11.7. The van der Waals surface area contributed by atoms with Crippen molar-refractivity contribution in [3.63, 3.8) is 0 Å². The molecule has 0 atom stereocenters. The van der Waals surface area contributed by atoms with E-state index >= 15 is 0 Å². The Morgan fingerprint density at radius 3 is 1.46 bits per heavy atom. The van der Waals surface area contributed by atoms with Gasteiger partial charge in [0.05, 0.1) is 0 Å². The number of hydrogen-bond donors (Lipinski definition) is 1. The molecule has 2 saturated heterocycles. The highest BCUT2D eigenvalue weighted by molar-refractivity contribution is 14.1. The Balaban J connectivity index is 0.000000382. The van der Waals surface area contributed by atoms with Crippen LogP contribution >= 0.6 is 22.6 Å². The van der Waals surface area contributed by atoms with E-state index in [4.69, 9.17) is 9.47 Å². The van der Waals surface area contributed by atoms with Gasteiger partial charge in [-0.1, -0.05) is 53.8 Å². The fourth-order valence-corrected chi connectivity index (χ4v) is 6.18. The molecule has 0 unspecified atom stereocenters. The Bertz CT molecular complexity index is 1670. The number of nitrogens with one attached hydrogen (secondary N) is 1. The minimum absolute atomic E-state index is 0.0735. The van der Waals surface area contributed by atoms with Gasteiger partial charge in [0.25, 0.3) is 11.8 Å². The molecule has 2 heterocycles. The van der Waals surface area contributed by atoms with E-state index in [2.05, 4.69) is 34.8 Å². The molecule has 0 spiro atoms. The topological polar surface area (TPSA) is 108 Å². The average Bonchev–Trinajstić information content (AvgIpc) is 3.15. The van der Waals surface area contributed by atoms with Crippen LogP contribution in [0.2, 0.25) is 0 Å². The Morgan fingerprint density at radius 2 is 1.10 bits per heavy atom. The molecule has 0 saturated carbocycles. The van der Waals surface area contributed by atoms with E-state index < -0.39 is 69.8 Å². The number of rotatable bonds is 9. The van der Waals surface area contributed by atoms with Gasteiger partial charge in [-0.3, -0.25) is 9.59 Å². The molecule has 4 rings (SSSR count).